The predicted octanol–water partition coefficient (Wildman–Crippen LogP) is 3.00. The second kappa shape index (κ2) is 4.58. The first-order valence-corrected chi connectivity index (χ1v) is 6.43. The maximum absolute atomic E-state index is 5.89. The van der Waals surface area contributed by atoms with E-state index in [9.17, 15) is 0 Å². The van der Waals surface area contributed by atoms with Gasteiger partial charge in [0.05, 0.1) is 0 Å². The highest BCUT2D eigenvalue weighted by Crippen LogP contribution is 2.25. The summed E-state index contributed by atoms with van der Waals surface area (Å²) in [4.78, 5) is 10.6. The zero-order valence-corrected chi connectivity index (χ0v) is 11.0. The molecule has 2 aromatic rings. The van der Waals surface area contributed by atoms with E-state index in [2.05, 4.69) is 39.1 Å². The fraction of sp³-hybridized carbons (Fsp3) is 0.286. The molecule has 0 saturated heterocycles. The molecule has 0 spiro atoms. The largest absolute Gasteiger partial charge is 0.352 e. The van der Waals surface area contributed by atoms with Gasteiger partial charge in [0, 0.05) is 24.8 Å². The molecule has 1 aliphatic heterocycles. The Labute approximate surface area is 111 Å². The quantitative estimate of drug-likeness (QED) is 0.738. The Morgan fingerprint density at radius 2 is 2.00 bits per heavy atom. The number of rotatable bonds is 1. The van der Waals surface area contributed by atoms with Crippen molar-refractivity contribution >= 4 is 17.4 Å². The maximum Gasteiger partial charge on any atom is 0.224 e. The summed E-state index contributed by atoms with van der Waals surface area (Å²) < 4.78 is 0. The maximum atomic E-state index is 5.89. The van der Waals surface area contributed by atoms with Gasteiger partial charge in [-0.1, -0.05) is 24.3 Å². The lowest BCUT2D eigenvalue weighted by Crippen LogP contribution is -2.31. The van der Waals surface area contributed by atoms with Crippen LogP contribution in [0.4, 0.5) is 5.82 Å². The summed E-state index contributed by atoms with van der Waals surface area (Å²) in [6.07, 6.45) is 2.84. The monoisotopic (exact) mass is 259 g/mol. The molecule has 92 valence electrons. The molecule has 1 aromatic heterocycles. The van der Waals surface area contributed by atoms with Crippen LogP contribution in [0.2, 0.25) is 5.28 Å². The van der Waals surface area contributed by atoms with Crippen molar-refractivity contribution in [2.24, 2.45) is 0 Å². The van der Waals surface area contributed by atoms with Gasteiger partial charge in [0.1, 0.15) is 5.82 Å². The Kier molecular flexibility index (Phi) is 2.92. The molecule has 0 aliphatic carbocycles. The number of aryl methyl sites for hydroxylation is 1. The molecular formula is C14H14ClN3. The summed E-state index contributed by atoms with van der Waals surface area (Å²) in [6, 6.07) is 8.57. The third kappa shape index (κ3) is 2.06. The van der Waals surface area contributed by atoms with Crippen molar-refractivity contribution in [1.29, 1.82) is 0 Å². The Hall–Kier alpha value is -1.61. The highest BCUT2D eigenvalue weighted by molar-refractivity contribution is 6.28. The summed E-state index contributed by atoms with van der Waals surface area (Å²) in [6.45, 7) is 3.89. The van der Waals surface area contributed by atoms with Crippen molar-refractivity contribution in [3.05, 3.63) is 52.4 Å². The van der Waals surface area contributed by atoms with Crippen LogP contribution in [0.3, 0.4) is 0 Å². The number of hydrogen-bond donors (Lipinski definition) is 0. The second-order valence-electron chi connectivity index (χ2n) is 4.59. The van der Waals surface area contributed by atoms with Gasteiger partial charge in [-0.2, -0.15) is 0 Å². The van der Waals surface area contributed by atoms with Crippen LogP contribution in [0.25, 0.3) is 0 Å². The molecule has 0 amide bonds. The summed E-state index contributed by atoms with van der Waals surface area (Å²) in [7, 11) is 0. The Bertz CT molecular complexity index is 583. The first-order chi connectivity index (χ1) is 8.74. The first-order valence-electron chi connectivity index (χ1n) is 6.05. The van der Waals surface area contributed by atoms with Gasteiger partial charge in [-0.05, 0) is 36.1 Å². The van der Waals surface area contributed by atoms with Crippen molar-refractivity contribution < 1.29 is 0 Å². The molecule has 0 saturated carbocycles. The molecule has 0 unspecified atom stereocenters. The van der Waals surface area contributed by atoms with Crippen molar-refractivity contribution in [1.82, 2.24) is 9.97 Å². The van der Waals surface area contributed by atoms with E-state index in [1.165, 1.54) is 11.1 Å². The number of benzene rings is 1. The predicted molar refractivity (Wildman–Crippen MR) is 73.0 cm³/mol. The van der Waals surface area contributed by atoms with E-state index in [-0.39, 0.29) is 0 Å². The van der Waals surface area contributed by atoms with Crippen molar-refractivity contribution in [2.45, 2.75) is 19.9 Å². The minimum Gasteiger partial charge on any atom is -0.352 e. The van der Waals surface area contributed by atoms with Gasteiger partial charge in [-0.15, -0.1) is 0 Å². The minimum absolute atomic E-state index is 0.314. The highest BCUT2D eigenvalue weighted by Gasteiger charge is 2.18. The Morgan fingerprint density at radius 1 is 1.22 bits per heavy atom. The zero-order valence-electron chi connectivity index (χ0n) is 10.2. The molecule has 3 rings (SSSR count). The fourth-order valence-electron chi connectivity index (χ4n) is 2.41. The number of fused-ring (bicyclic) bond motifs is 1. The van der Waals surface area contributed by atoms with E-state index in [1.54, 1.807) is 6.20 Å². The number of halogens is 1. The molecule has 3 nitrogen and oxygen atoms in total. The van der Waals surface area contributed by atoms with E-state index >= 15 is 0 Å². The lowest BCUT2D eigenvalue weighted by molar-refractivity contribution is 0.716. The molecule has 0 atom stereocenters. The van der Waals surface area contributed by atoms with E-state index in [1.807, 2.05) is 6.92 Å². The number of aromatic nitrogens is 2. The third-order valence-corrected chi connectivity index (χ3v) is 3.53. The average Bonchev–Trinajstić information content (AvgIpc) is 2.41. The van der Waals surface area contributed by atoms with Crippen LogP contribution in [0.15, 0.2) is 30.5 Å². The van der Waals surface area contributed by atoms with Gasteiger partial charge in [-0.25, -0.2) is 9.97 Å². The van der Waals surface area contributed by atoms with Crippen LogP contribution < -0.4 is 4.90 Å². The smallest absolute Gasteiger partial charge is 0.224 e. The van der Waals surface area contributed by atoms with Crippen LogP contribution >= 0.6 is 11.6 Å². The third-order valence-electron chi connectivity index (χ3n) is 3.35. The van der Waals surface area contributed by atoms with E-state index in [4.69, 9.17) is 11.6 Å². The summed E-state index contributed by atoms with van der Waals surface area (Å²) in [5.41, 5.74) is 3.88. The number of anilines is 1. The Morgan fingerprint density at radius 3 is 2.83 bits per heavy atom. The average molecular weight is 260 g/mol. The molecule has 0 radical (unpaired) electrons. The van der Waals surface area contributed by atoms with Gasteiger partial charge in [0.2, 0.25) is 5.28 Å². The van der Waals surface area contributed by atoms with E-state index in [0.717, 1.165) is 30.9 Å². The second-order valence-corrected chi connectivity index (χ2v) is 4.92. The van der Waals surface area contributed by atoms with Crippen LogP contribution in [0.5, 0.6) is 0 Å². The zero-order chi connectivity index (χ0) is 12.5. The summed E-state index contributed by atoms with van der Waals surface area (Å²) >= 11 is 5.89. The normalized spacial score (nSPS) is 14.4. The molecule has 0 bridgehead atoms. The van der Waals surface area contributed by atoms with Gasteiger partial charge in [-0.3, -0.25) is 0 Å². The van der Waals surface area contributed by atoms with Crippen LogP contribution in [-0.2, 0) is 13.0 Å². The topological polar surface area (TPSA) is 29.0 Å². The molecule has 4 heteroatoms. The highest BCUT2D eigenvalue weighted by atomic mass is 35.5. The summed E-state index contributed by atoms with van der Waals surface area (Å²) in [5, 5.41) is 0.314. The first kappa shape index (κ1) is 11.5. The molecule has 1 aromatic carbocycles. The molecular weight excluding hydrogens is 246 g/mol. The lowest BCUT2D eigenvalue weighted by Gasteiger charge is -2.30. The van der Waals surface area contributed by atoms with Crippen molar-refractivity contribution in [3.63, 3.8) is 0 Å². The van der Waals surface area contributed by atoms with E-state index < -0.39 is 0 Å². The Balaban J connectivity index is 1.94. The molecule has 0 fully saturated rings. The molecule has 0 N–H and O–H groups in total. The van der Waals surface area contributed by atoms with Crippen LogP contribution in [0, 0.1) is 6.92 Å². The molecule has 1 aliphatic rings. The van der Waals surface area contributed by atoms with Crippen LogP contribution in [0.1, 0.15) is 16.7 Å². The van der Waals surface area contributed by atoms with Crippen LogP contribution in [-0.4, -0.2) is 16.5 Å². The standard InChI is InChI=1S/C14H14ClN3/c1-10-8-16-14(15)17-13(10)18-7-6-11-4-2-3-5-12(11)9-18/h2-5,8H,6-7,9H2,1H3. The minimum atomic E-state index is 0.314. The number of nitrogens with zero attached hydrogens (tertiary/aromatic N) is 3. The van der Waals surface area contributed by atoms with Gasteiger partial charge in [0.15, 0.2) is 0 Å². The molecule has 2 heterocycles. The van der Waals surface area contributed by atoms with Gasteiger partial charge < -0.3 is 4.90 Å². The summed E-state index contributed by atoms with van der Waals surface area (Å²) in [5.74, 6) is 0.949. The van der Waals surface area contributed by atoms with E-state index in [0.29, 0.717) is 5.28 Å². The van der Waals surface area contributed by atoms with Gasteiger partial charge in [0.25, 0.3) is 0 Å². The SMILES string of the molecule is Cc1cnc(Cl)nc1N1CCc2ccccc2C1. The van der Waals surface area contributed by atoms with Crippen molar-refractivity contribution in [3.8, 4) is 0 Å². The lowest BCUT2D eigenvalue weighted by atomic mass is 10.00. The van der Waals surface area contributed by atoms with Crippen molar-refractivity contribution in [2.75, 3.05) is 11.4 Å². The molecule has 18 heavy (non-hydrogen) atoms. The van der Waals surface area contributed by atoms with Gasteiger partial charge >= 0.3 is 0 Å². The fourth-order valence-corrected chi connectivity index (χ4v) is 2.54. The number of hydrogen-bond acceptors (Lipinski definition) is 3.